The first-order valence-corrected chi connectivity index (χ1v) is 7.17. The number of benzene rings is 2. The van der Waals surface area contributed by atoms with Gasteiger partial charge in [-0.05, 0) is 35.4 Å². The van der Waals surface area contributed by atoms with E-state index in [2.05, 4.69) is 44.3 Å². The average Bonchev–Trinajstić information content (AvgIpc) is 2.52. The van der Waals surface area contributed by atoms with E-state index in [-0.39, 0.29) is 0 Å². The van der Waals surface area contributed by atoms with Crippen LogP contribution < -0.4 is 9.80 Å². The summed E-state index contributed by atoms with van der Waals surface area (Å²) in [5, 5.41) is 8.18. The Labute approximate surface area is 132 Å². The number of anilines is 2. The van der Waals surface area contributed by atoms with Crippen molar-refractivity contribution in [2.75, 3.05) is 38.0 Å². The number of rotatable bonds is 5. The number of hydrogen-bond donors (Lipinski definition) is 0. The molecule has 0 aliphatic heterocycles. The molecule has 0 saturated carbocycles. The van der Waals surface area contributed by atoms with Gasteiger partial charge in [0.2, 0.25) is 0 Å². The van der Waals surface area contributed by atoms with Crippen LogP contribution in [0.5, 0.6) is 0 Å². The van der Waals surface area contributed by atoms with Crippen LogP contribution in [-0.2, 0) is 0 Å². The van der Waals surface area contributed by atoms with Crippen molar-refractivity contribution in [3.8, 4) is 0 Å². The van der Waals surface area contributed by atoms with Gasteiger partial charge in [-0.25, -0.2) is 0 Å². The van der Waals surface area contributed by atoms with Crippen molar-refractivity contribution in [3.05, 3.63) is 59.7 Å². The molecule has 0 unspecified atom stereocenters. The average molecular weight is 294 g/mol. The third-order valence-electron chi connectivity index (χ3n) is 3.30. The maximum atomic E-state index is 4.09. The third kappa shape index (κ3) is 4.45. The molecule has 0 fully saturated rings. The first kappa shape index (κ1) is 15.8. The quantitative estimate of drug-likeness (QED) is 0.626. The molecule has 0 aromatic heterocycles. The topological polar surface area (TPSA) is 31.2 Å². The van der Waals surface area contributed by atoms with Gasteiger partial charge in [0.1, 0.15) is 0 Å². The Morgan fingerprint density at radius 2 is 0.909 bits per heavy atom. The lowest BCUT2D eigenvalue weighted by molar-refractivity contribution is 1.13. The summed E-state index contributed by atoms with van der Waals surface area (Å²) >= 11 is 0. The Morgan fingerprint density at radius 3 is 1.18 bits per heavy atom. The second-order valence-corrected chi connectivity index (χ2v) is 5.46. The predicted octanol–water partition coefficient (Wildman–Crippen LogP) is 3.27. The van der Waals surface area contributed by atoms with Crippen molar-refractivity contribution < 1.29 is 0 Å². The van der Waals surface area contributed by atoms with E-state index in [0.717, 1.165) is 11.1 Å². The second kappa shape index (κ2) is 7.41. The fourth-order valence-corrected chi connectivity index (χ4v) is 1.92. The maximum Gasteiger partial charge on any atom is 0.0568 e. The van der Waals surface area contributed by atoms with Gasteiger partial charge in [0.05, 0.1) is 12.4 Å². The van der Waals surface area contributed by atoms with Crippen LogP contribution in [0, 0.1) is 0 Å². The van der Waals surface area contributed by atoms with Crippen molar-refractivity contribution >= 4 is 23.8 Å². The Morgan fingerprint density at radius 1 is 0.591 bits per heavy atom. The Hall–Kier alpha value is -2.62. The third-order valence-corrected chi connectivity index (χ3v) is 3.30. The van der Waals surface area contributed by atoms with Crippen LogP contribution in [0.1, 0.15) is 11.1 Å². The molecule has 0 N–H and O–H groups in total. The zero-order chi connectivity index (χ0) is 15.9. The van der Waals surface area contributed by atoms with E-state index in [4.69, 9.17) is 0 Å². The van der Waals surface area contributed by atoms with Crippen LogP contribution in [0.4, 0.5) is 11.4 Å². The van der Waals surface area contributed by atoms with Crippen molar-refractivity contribution in [3.63, 3.8) is 0 Å². The molecule has 2 aromatic carbocycles. The highest BCUT2D eigenvalue weighted by Crippen LogP contribution is 2.12. The van der Waals surface area contributed by atoms with E-state index in [1.165, 1.54) is 11.4 Å². The minimum Gasteiger partial charge on any atom is -0.378 e. The molecule has 0 atom stereocenters. The van der Waals surface area contributed by atoms with Gasteiger partial charge >= 0.3 is 0 Å². The zero-order valence-corrected chi connectivity index (χ0v) is 13.6. The SMILES string of the molecule is CN(C)c1ccc(/C=N\N=C\c2ccc(N(C)C)cc2)cc1. The fraction of sp³-hybridized carbons (Fsp3) is 0.222. The van der Waals surface area contributed by atoms with Crippen LogP contribution >= 0.6 is 0 Å². The van der Waals surface area contributed by atoms with Crippen LogP contribution in [0.2, 0.25) is 0 Å². The molecule has 4 nitrogen and oxygen atoms in total. The van der Waals surface area contributed by atoms with Gasteiger partial charge in [0.25, 0.3) is 0 Å². The molecule has 2 rings (SSSR count). The monoisotopic (exact) mass is 294 g/mol. The lowest BCUT2D eigenvalue weighted by atomic mass is 10.2. The van der Waals surface area contributed by atoms with Crippen molar-refractivity contribution in [1.29, 1.82) is 0 Å². The fourth-order valence-electron chi connectivity index (χ4n) is 1.92. The lowest BCUT2D eigenvalue weighted by Gasteiger charge is -2.11. The largest absolute Gasteiger partial charge is 0.378 e. The van der Waals surface area contributed by atoms with Gasteiger partial charge in [-0.15, -0.1) is 0 Å². The molecule has 2 aromatic rings. The molecule has 0 saturated heterocycles. The summed E-state index contributed by atoms with van der Waals surface area (Å²) in [6, 6.07) is 16.4. The van der Waals surface area contributed by atoms with Crippen LogP contribution in [0.25, 0.3) is 0 Å². The van der Waals surface area contributed by atoms with Crippen LogP contribution in [-0.4, -0.2) is 40.6 Å². The summed E-state index contributed by atoms with van der Waals surface area (Å²) < 4.78 is 0. The van der Waals surface area contributed by atoms with Gasteiger partial charge in [-0.2, -0.15) is 10.2 Å². The molecule has 0 aliphatic rings. The molecule has 22 heavy (non-hydrogen) atoms. The van der Waals surface area contributed by atoms with E-state index in [9.17, 15) is 0 Å². The van der Waals surface area contributed by atoms with E-state index >= 15 is 0 Å². The van der Waals surface area contributed by atoms with E-state index in [1.807, 2.05) is 52.5 Å². The minimum atomic E-state index is 1.03. The van der Waals surface area contributed by atoms with Crippen LogP contribution in [0.3, 0.4) is 0 Å². The van der Waals surface area contributed by atoms with Crippen molar-refractivity contribution in [2.24, 2.45) is 10.2 Å². The van der Waals surface area contributed by atoms with Crippen molar-refractivity contribution in [1.82, 2.24) is 0 Å². The molecular weight excluding hydrogens is 272 g/mol. The van der Waals surface area contributed by atoms with E-state index in [1.54, 1.807) is 12.4 Å². The summed E-state index contributed by atoms with van der Waals surface area (Å²) in [6.45, 7) is 0. The molecule has 4 heteroatoms. The summed E-state index contributed by atoms with van der Waals surface area (Å²) in [4.78, 5) is 4.13. The molecule has 0 aliphatic carbocycles. The highest BCUT2D eigenvalue weighted by atomic mass is 15.2. The Kier molecular flexibility index (Phi) is 5.31. The summed E-state index contributed by atoms with van der Waals surface area (Å²) in [5.41, 5.74) is 4.40. The normalized spacial score (nSPS) is 11.3. The molecule has 0 radical (unpaired) electrons. The molecule has 0 amide bonds. The minimum absolute atomic E-state index is 1.03. The van der Waals surface area contributed by atoms with Crippen molar-refractivity contribution in [2.45, 2.75) is 0 Å². The first-order chi connectivity index (χ1) is 10.6. The lowest BCUT2D eigenvalue weighted by Crippen LogP contribution is -2.08. The first-order valence-electron chi connectivity index (χ1n) is 7.17. The van der Waals surface area contributed by atoms with Crippen LogP contribution in [0.15, 0.2) is 58.7 Å². The highest BCUT2D eigenvalue weighted by molar-refractivity contribution is 5.83. The Balaban J connectivity index is 1.96. The Bertz CT molecular complexity index is 578. The van der Waals surface area contributed by atoms with Gasteiger partial charge in [0, 0.05) is 39.6 Å². The molecule has 0 heterocycles. The summed E-state index contributed by atoms with van der Waals surface area (Å²) in [7, 11) is 8.09. The maximum absolute atomic E-state index is 4.09. The summed E-state index contributed by atoms with van der Waals surface area (Å²) in [6.07, 6.45) is 3.51. The number of hydrogen-bond acceptors (Lipinski definition) is 4. The summed E-state index contributed by atoms with van der Waals surface area (Å²) in [5.74, 6) is 0. The predicted molar refractivity (Wildman–Crippen MR) is 96.7 cm³/mol. The van der Waals surface area contributed by atoms with Gasteiger partial charge in [0.15, 0.2) is 0 Å². The van der Waals surface area contributed by atoms with E-state index in [0.29, 0.717) is 0 Å². The molecule has 0 spiro atoms. The zero-order valence-electron chi connectivity index (χ0n) is 13.6. The van der Waals surface area contributed by atoms with E-state index < -0.39 is 0 Å². The van der Waals surface area contributed by atoms with Gasteiger partial charge in [-0.3, -0.25) is 0 Å². The molecular formula is C18H22N4. The standard InChI is InChI=1S/C18H22N4/c1-21(2)17-9-5-15(6-10-17)13-19-20-14-16-7-11-18(12-8-16)22(3)4/h5-14H,1-4H3/b19-13-,20-14+. The van der Waals surface area contributed by atoms with Gasteiger partial charge < -0.3 is 9.80 Å². The van der Waals surface area contributed by atoms with Gasteiger partial charge in [-0.1, -0.05) is 24.3 Å². The molecule has 114 valence electrons. The number of nitrogens with zero attached hydrogens (tertiary/aromatic N) is 4. The smallest absolute Gasteiger partial charge is 0.0568 e. The second-order valence-electron chi connectivity index (χ2n) is 5.46. The molecule has 0 bridgehead atoms. The highest BCUT2D eigenvalue weighted by Gasteiger charge is 1.94.